The molecule has 4 rings (SSSR count). The molecular formula is C29H29ClFNO6. The zero-order chi connectivity index (χ0) is 27.4. The van der Waals surface area contributed by atoms with Gasteiger partial charge in [-0.05, 0) is 54.3 Å². The molecule has 200 valence electrons. The lowest BCUT2D eigenvalue weighted by molar-refractivity contribution is 0.0914. The fraction of sp³-hybridized carbons (Fsp3) is 0.345. The molecule has 0 saturated heterocycles. The van der Waals surface area contributed by atoms with Gasteiger partial charge in [-0.1, -0.05) is 25.4 Å². The number of fused-ring (bicyclic) bond motifs is 1. The molecule has 1 N–H and O–H groups in total. The zero-order valence-electron chi connectivity index (χ0n) is 21.5. The Kier molecular flexibility index (Phi) is 8.33. The molecule has 1 aliphatic heterocycles. The van der Waals surface area contributed by atoms with Crippen LogP contribution in [0.3, 0.4) is 0 Å². The van der Waals surface area contributed by atoms with Crippen LogP contribution in [0.5, 0.6) is 17.2 Å². The van der Waals surface area contributed by atoms with Crippen molar-refractivity contribution in [2.24, 2.45) is 0 Å². The third kappa shape index (κ3) is 5.81. The van der Waals surface area contributed by atoms with E-state index in [-0.39, 0.29) is 53.8 Å². The summed E-state index contributed by atoms with van der Waals surface area (Å²) < 4.78 is 30.5. The Bertz CT molecular complexity index is 1370. The van der Waals surface area contributed by atoms with Gasteiger partial charge in [0, 0.05) is 29.5 Å². The summed E-state index contributed by atoms with van der Waals surface area (Å²) in [4.78, 5) is 30.7. The molecule has 38 heavy (non-hydrogen) atoms. The number of Topliss-reactive ketones (excluding diaryl/α,β-unsaturated/α-hetero) is 2. The molecule has 1 aliphatic rings. The number of aliphatic hydroxyl groups excluding tert-OH is 1. The largest absolute Gasteiger partial charge is 0.493 e. The number of rotatable bonds is 10. The lowest BCUT2D eigenvalue weighted by Gasteiger charge is -2.33. The topological polar surface area (TPSA) is 95.0 Å². The molecule has 0 fully saturated rings. The van der Waals surface area contributed by atoms with Gasteiger partial charge in [0.15, 0.2) is 23.1 Å². The first-order valence-electron chi connectivity index (χ1n) is 12.3. The number of benzene rings is 2. The number of aliphatic hydroxyl groups is 1. The Morgan fingerprint density at radius 2 is 1.87 bits per heavy atom. The summed E-state index contributed by atoms with van der Waals surface area (Å²) in [5.41, 5.74) is 2.07. The molecule has 0 radical (unpaired) electrons. The van der Waals surface area contributed by atoms with Gasteiger partial charge >= 0.3 is 0 Å². The maximum absolute atomic E-state index is 13.8. The van der Waals surface area contributed by atoms with Gasteiger partial charge in [0.25, 0.3) is 0 Å². The SMILES string of the molecule is COc1cc(C(=O)CCC(=O)c2cc3c(c(-c4ccc(F)c(Cl)c4)n2)OCCC3(C)C)ccc1OCCO. The zero-order valence-corrected chi connectivity index (χ0v) is 22.2. The third-order valence-corrected chi connectivity index (χ3v) is 6.86. The van der Waals surface area contributed by atoms with Gasteiger partial charge in [-0.15, -0.1) is 0 Å². The van der Waals surface area contributed by atoms with Gasteiger partial charge in [-0.2, -0.15) is 0 Å². The predicted molar refractivity (Wildman–Crippen MR) is 141 cm³/mol. The molecule has 9 heteroatoms. The van der Waals surface area contributed by atoms with E-state index >= 15 is 0 Å². The Hall–Kier alpha value is -3.49. The van der Waals surface area contributed by atoms with E-state index in [1.54, 1.807) is 30.3 Å². The molecule has 3 aromatic rings. The number of methoxy groups -OCH3 is 1. The Labute approximate surface area is 225 Å². The summed E-state index contributed by atoms with van der Waals surface area (Å²) in [5, 5.41) is 8.91. The molecule has 0 atom stereocenters. The van der Waals surface area contributed by atoms with Crippen LogP contribution in [0.1, 0.15) is 59.5 Å². The van der Waals surface area contributed by atoms with Crippen molar-refractivity contribution < 1.29 is 33.3 Å². The van der Waals surface area contributed by atoms with Gasteiger partial charge in [-0.25, -0.2) is 9.37 Å². The van der Waals surface area contributed by atoms with Gasteiger partial charge < -0.3 is 19.3 Å². The number of ketones is 2. The summed E-state index contributed by atoms with van der Waals surface area (Å²) in [6.07, 6.45) is 0.662. The molecule has 2 aromatic carbocycles. The van der Waals surface area contributed by atoms with E-state index in [0.29, 0.717) is 40.7 Å². The highest BCUT2D eigenvalue weighted by Gasteiger charge is 2.33. The Morgan fingerprint density at radius 1 is 1.11 bits per heavy atom. The lowest BCUT2D eigenvalue weighted by Crippen LogP contribution is -2.28. The van der Waals surface area contributed by atoms with Crippen molar-refractivity contribution in [3.8, 4) is 28.5 Å². The molecule has 7 nitrogen and oxygen atoms in total. The lowest BCUT2D eigenvalue weighted by atomic mass is 9.79. The second-order valence-electron chi connectivity index (χ2n) is 9.63. The summed E-state index contributed by atoms with van der Waals surface area (Å²) in [6, 6.07) is 10.7. The minimum atomic E-state index is -0.555. The number of hydrogen-bond acceptors (Lipinski definition) is 7. The molecular weight excluding hydrogens is 513 g/mol. The van der Waals surface area contributed by atoms with E-state index < -0.39 is 5.82 Å². The molecule has 0 spiro atoms. The fourth-order valence-corrected chi connectivity index (χ4v) is 4.50. The number of pyridine rings is 1. The second-order valence-corrected chi connectivity index (χ2v) is 10.0. The minimum absolute atomic E-state index is 0.0325. The minimum Gasteiger partial charge on any atom is -0.493 e. The van der Waals surface area contributed by atoms with E-state index in [9.17, 15) is 14.0 Å². The number of carbonyl (C=O) groups is 2. The highest BCUT2D eigenvalue weighted by atomic mass is 35.5. The van der Waals surface area contributed by atoms with Crippen molar-refractivity contribution in [2.45, 2.75) is 38.5 Å². The van der Waals surface area contributed by atoms with Crippen LogP contribution in [0.2, 0.25) is 5.02 Å². The first-order chi connectivity index (χ1) is 18.1. The van der Waals surface area contributed by atoms with Crippen LogP contribution < -0.4 is 14.2 Å². The van der Waals surface area contributed by atoms with Crippen molar-refractivity contribution in [3.05, 3.63) is 70.1 Å². The normalized spacial score (nSPS) is 13.8. The number of aromatic nitrogens is 1. The third-order valence-electron chi connectivity index (χ3n) is 6.57. The van der Waals surface area contributed by atoms with Crippen LogP contribution in [0.4, 0.5) is 4.39 Å². The van der Waals surface area contributed by atoms with Gasteiger partial charge in [0.1, 0.15) is 29.6 Å². The standard InChI is InChI=1S/C29H29ClFNO6/c1-29(2)10-12-38-28-19(29)16-22(32-27(28)18-4-6-21(31)20(30)14-18)24(35)8-7-23(34)17-5-9-25(37-13-11-33)26(15-17)36-3/h4-6,9,14-16,33H,7-8,10-13H2,1-3H3. The smallest absolute Gasteiger partial charge is 0.181 e. The van der Waals surface area contributed by atoms with Crippen LogP contribution in [0.25, 0.3) is 11.3 Å². The first-order valence-corrected chi connectivity index (χ1v) is 12.6. The molecule has 0 unspecified atom stereocenters. The van der Waals surface area contributed by atoms with E-state index in [2.05, 4.69) is 18.8 Å². The van der Waals surface area contributed by atoms with Crippen LogP contribution >= 0.6 is 11.6 Å². The van der Waals surface area contributed by atoms with Crippen molar-refractivity contribution in [1.82, 2.24) is 4.98 Å². The summed E-state index contributed by atoms with van der Waals surface area (Å²) in [6.45, 7) is 4.56. The van der Waals surface area contributed by atoms with E-state index in [1.807, 2.05) is 0 Å². The molecule has 0 bridgehead atoms. The van der Waals surface area contributed by atoms with Crippen molar-refractivity contribution >= 4 is 23.2 Å². The van der Waals surface area contributed by atoms with Crippen molar-refractivity contribution in [1.29, 1.82) is 0 Å². The number of nitrogens with zero attached hydrogens (tertiary/aromatic N) is 1. The highest BCUT2D eigenvalue weighted by molar-refractivity contribution is 6.31. The van der Waals surface area contributed by atoms with Crippen LogP contribution in [-0.4, -0.2) is 48.6 Å². The van der Waals surface area contributed by atoms with Crippen molar-refractivity contribution in [3.63, 3.8) is 0 Å². The molecule has 2 heterocycles. The second kappa shape index (κ2) is 11.5. The summed E-state index contributed by atoms with van der Waals surface area (Å²) in [7, 11) is 1.46. The maximum Gasteiger partial charge on any atom is 0.181 e. The van der Waals surface area contributed by atoms with Gasteiger partial charge in [0.05, 0.1) is 25.3 Å². The fourth-order valence-electron chi connectivity index (χ4n) is 4.32. The predicted octanol–water partition coefficient (Wildman–Crippen LogP) is 5.83. The summed E-state index contributed by atoms with van der Waals surface area (Å²) in [5.74, 6) is 0.222. The highest BCUT2D eigenvalue weighted by Crippen LogP contribution is 2.44. The molecule has 1 aromatic heterocycles. The number of carbonyl (C=O) groups excluding carboxylic acids is 2. The monoisotopic (exact) mass is 541 g/mol. The van der Waals surface area contributed by atoms with E-state index in [0.717, 1.165) is 12.0 Å². The average Bonchev–Trinajstić information content (AvgIpc) is 2.91. The van der Waals surface area contributed by atoms with Crippen LogP contribution in [0.15, 0.2) is 42.5 Å². The van der Waals surface area contributed by atoms with E-state index in [1.165, 1.54) is 19.2 Å². The van der Waals surface area contributed by atoms with Gasteiger partial charge in [-0.3, -0.25) is 9.59 Å². The number of halogens is 2. The molecule has 0 amide bonds. The van der Waals surface area contributed by atoms with Crippen molar-refractivity contribution in [2.75, 3.05) is 26.9 Å². The molecule has 0 saturated carbocycles. The Balaban J connectivity index is 1.60. The summed E-state index contributed by atoms with van der Waals surface area (Å²) >= 11 is 6.03. The number of hydrogen-bond donors (Lipinski definition) is 1. The first kappa shape index (κ1) is 27.5. The van der Waals surface area contributed by atoms with Crippen LogP contribution in [-0.2, 0) is 5.41 Å². The maximum atomic E-state index is 13.8. The van der Waals surface area contributed by atoms with Crippen LogP contribution in [0, 0.1) is 5.82 Å². The van der Waals surface area contributed by atoms with Gasteiger partial charge in [0.2, 0.25) is 0 Å². The number of ether oxygens (including phenoxy) is 3. The Morgan fingerprint density at radius 3 is 2.58 bits per heavy atom. The quantitative estimate of drug-likeness (QED) is 0.323. The van der Waals surface area contributed by atoms with E-state index in [4.69, 9.17) is 30.9 Å². The molecule has 0 aliphatic carbocycles. The average molecular weight is 542 g/mol.